The Morgan fingerprint density at radius 1 is 1.03 bits per heavy atom. The Bertz CT molecular complexity index is 1010. The second-order valence-corrected chi connectivity index (χ2v) is 7.02. The molecule has 3 aromatic rings. The van der Waals surface area contributed by atoms with E-state index < -0.39 is 0 Å². The van der Waals surface area contributed by atoms with Crippen molar-refractivity contribution in [1.29, 1.82) is 5.26 Å². The standard InChI is InChI=1S/C22H22N6O/c1-17-11-21(29-20-5-3-2-4-6-20)26-22(25-17)28-9-7-27(8-10-28)16-19-12-18(13-23)14-24-15-19/h2-6,11-12,14-15H,7-10,16H2,1H3. The van der Waals surface area contributed by atoms with E-state index in [1.807, 2.05) is 55.6 Å². The minimum atomic E-state index is 0.556. The first-order valence-corrected chi connectivity index (χ1v) is 9.59. The lowest BCUT2D eigenvalue weighted by Gasteiger charge is -2.34. The molecule has 0 radical (unpaired) electrons. The van der Waals surface area contributed by atoms with Crippen molar-refractivity contribution < 1.29 is 4.74 Å². The molecule has 1 fully saturated rings. The molecule has 1 saturated heterocycles. The largest absolute Gasteiger partial charge is 0.439 e. The average Bonchev–Trinajstić information content (AvgIpc) is 2.75. The van der Waals surface area contributed by atoms with E-state index in [1.54, 1.807) is 6.20 Å². The fraction of sp³-hybridized carbons (Fsp3) is 0.273. The molecule has 4 rings (SSSR count). The van der Waals surface area contributed by atoms with Gasteiger partial charge in [0, 0.05) is 56.9 Å². The average molecular weight is 386 g/mol. The van der Waals surface area contributed by atoms with Crippen LogP contribution in [0.4, 0.5) is 5.95 Å². The summed E-state index contributed by atoms with van der Waals surface area (Å²) < 4.78 is 5.89. The summed E-state index contributed by atoms with van der Waals surface area (Å²) in [6.07, 6.45) is 3.41. The zero-order chi connectivity index (χ0) is 20.1. The van der Waals surface area contributed by atoms with Gasteiger partial charge in [0.15, 0.2) is 0 Å². The fourth-order valence-corrected chi connectivity index (χ4v) is 3.33. The maximum absolute atomic E-state index is 9.03. The fourth-order valence-electron chi connectivity index (χ4n) is 3.33. The Kier molecular flexibility index (Phi) is 5.63. The molecule has 0 amide bonds. The van der Waals surface area contributed by atoms with E-state index in [0.29, 0.717) is 17.4 Å². The molecule has 0 atom stereocenters. The number of benzene rings is 1. The Labute approximate surface area is 170 Å². The third-order valence-electron chi connectivity index (χ3n) is 4.77. The minimum Gasteiger partial charge on any atom is -0.439 e. The van der Waals surface area contributed by atoms with E-state index >= 15 is 0 Å². The second-order valence-electron chi connectivity index (χ2n) is 7.02. The molecule has 3 heterocycles. The highest BCUT2D eigenvalue weighted by atomic mass is 16.5. The van der Waals surface area contributed by atoms with Crippen molar-refractivity contribution in [3.8, 4) is 17.7 Å². The normalized spacial score (nSPS) is 14.4. The monoisotopic (exact) mass is 386 g/mol. The van der Waals surface area contributed by atoms with Crippen molar-refractivity contribution in [2.45, 2.75) is 13.5 Å². The van der Waals surface area contributed by atoms with Gasteiger partial charge in [0.25, 0.3) is 0 Å². The molecule has 146 valence electrons. The molecule has 0 bridgehead atoms. The first kappa shape index (κ1) is 18.8. The summed E-state index contributed by atoms with van der Waals surface area (Å²) in [7, 11) is 0. The summed E-state index contributed by atoms with van der Waals surface area (Å²) in [5.74, 6) is 2.01. The Morgan fingerprint density at radius 2 is 1.83 bits per heavy atom. The summed E-state index contributed by atoms with van der Waals surface area (Å²) in [5.41, 5.74) is 2.53. The second kappa shape index (κ2) is 8.67. The summed E-state index contributed by atoms with van der Waals surface area (Å²) in [6.45, 7) is 6.19. The Morgan fingerprint density at radius 3 is 2.59 bits per heavy atom. The molecular weight excluding hydrogens is 364 g/mol. The SMILES string of the molecule is Cc1cc(Oc2ccccc2)nc(N2CCN(Cc3cncc(C#N)c3)CC2)n1. The van der Waals surface area contributed by atoms with Gasteiger partial charge >= 0.3 is 0 Å². The van der Waals surface area contributed by atoms with Crippen molar-refractivity contribution >= 4 is 5.95 Å². The zero-order valence-corrected chi connectivity index (χ0v) is 16.3. The molecule has 0 N–H and O–H groups in total. The number of aryl methyl sites for hydroxylation is 1. The summed E-state index contributed by atoms with van der Waals surface area (Å²) >= 11 is 0. The number of piperazine rings is 1. The molecule has 7 heteroatoms. The van der Waals surface area contributed by atoms with E-state index in [4.69, 9.17) is 10.00 Å². The molecule has 0 unspecified atom stereocenters. The number of hydrogen-bond acceptors (Lipinski definition) is 7. The molecule has 1 aliphatic rings. The van der Waals surface area contributed by atoms with Crippen LogP contribution >= 0.6 is 0 Å². The molecule has 0 aliphatic carbocycles. The topological polar surface area (TPSA) is 78.2 Å². The summed E-state index contributed by atoms with van der Waals surface area (Å²) in [5, 5.41) is 9.03. The molecular formula is C22H22N6O. The van der Waals surface area contributed by atoms with E-state index in [2.05, 4.69) is 30.8 Å². The van der Waals surface area contributed by atoms with Crippen LogP contribution in [-0.2, 0) is 6.54 Å². The van der Waals surface area contributed by atoms with E-state index in [1.165, 1.54) is 0 Å². The highest BCUT2D eigenvalue weighted by Crippen LogP contribution is 2.22. The van der Waals surface area contributed by atoms with Crippen LogP contribution in [-0.4, -0.2) is 46.0 Å². The van der Waals surface area contributed by atoms with Gasteiger partial charge in [-0.1, -0.05) is 18.2 Å². The van der Waals surface area contributed by atoms with Crippen molar-refractivity contribution in [1.82, 2.24) is 19.9 Å². The smallest absolute Gasteiger partial charge is 0.228 e. The molecule has 0 spiro atoms. The highest BCUT2D eigenvalue weighted by molar-refractivity contribution is 5.37. The molecule has 2 aromatic heterocycles. The zero-order valence-electron chi connectivity index (χ0n) is 16.3. The van der Waals surface area contributed by atoms with Gasteiger partial charge < -0.3 is 9.64 Å². The molecule has 1 aliphatic heterocycles. The lowest BCUT2D eigenvalue weighted by atomic mass is 10.2. The van der Waals surface area contributed by atoms with Gasteiger partial charge in [0.1, 0.15) is 11.8 Å². The summed E-state index contributed by atoms with van der Waals surface area (Å²) in [6, 6.07) is 15.5. The third-order valence-corrected chi connectivity index (χ3v) is 4.77. The highest BCUT2D eigenvalue weighted by Gasteiger charge is 2.20. The number of aromatic nitrogens is 3. The van der Waals surface area contributed by atoms with Crippen LogP contribution in [0.3, 0.4) is 0 Å². The maximum atomic E-state index is 9.03. The van der Waals surface area contributed by atoms with Crippen LogP contribution in [0.1, 0.15) is 16.8 Å². The van der Waals surface area contributed by atoms with Crippen LogP contribution in [0.2, 0.25) is 0 Å². The predicted octanol–water partition coefficient (Wildman–Crippen LogP) is 3.17. The van der Waals surface area contributed by atoms with E-state index in [-0.39, 0.29) is 0 Å². The molecule has 0 saturated carbocycles. The van der Waals surface area contributed by atoms with Crippen LogP contribution < -0.4 is 9.64 Å². The quantitative estimate of drug-likeness (QED) is 0.666. The number of ether oxygens (including phenoxy) is 1. The Balaban J connectivity index is 1.40. The van der Waals surface area contributed by atoms with E-state index in [0.717, 1.165) is 49.7 Å². The van der Waals surface area contributed by atoms with Crippen LogP contribution in [0.15, 0.2) is 54.9 Å². The van der Waals surface area contributed by atoms with Gasteiger partial charge in [-0.05, 0) is 30.7 Å². The van der Waals surface area contributed by atoms with Crippen molar-refractivity contribution in [2.24, 2.45) is 0 Å². The lowest BCUT2D eigenvalue weighted by molar-refractivity contribution is 0.248. The number of nitrogens with zero attached hydrogens (tertiary/aromatic N) is 6. The molecule has 29 heavy (non-hydrogen) atoms. The number of hydrogen-bond donors (Lipinski definition) is 0. The third kappa shape index (κ3) is 4.86. The van der Waals surface area contributed by atoms with Gasteiger partial charge in [-0.15, -0.1) is 0 Å². The first-order chi connectivity index (χ1) is 14.2. The van der Waals surface area contributed by atoms with Gasteiger partial charge in [0.05, 0.1) is 5.56 Å². The van der Waals surface area contributed by atoms with Gasteiger partial charge in [-0.25, -0.2) is 4.98 Å². The van der Waals surface area contributed by atoms with Crippen molar-refractivity contribution in [2.75, 3.05) is 31.1 Å². The number of rotatable bonds is 5. The number of nitriles is 1. The van der Waals surface area contributed by atoms with Crippen LogP contribution in [0.25, 0.3) is 0 Å². The van der Waals surface area contributed by atoms with Gasteiger partial charge in [-0.2, -0.15) is 10.2 Å². The first-order valence-electron chi connectivity index (χ1n) is 9.59. The lowest BCUT2D eigenvalue weighted by Crippen LogP contribution is -2.46. The van der Waals surface area contributed by atoms with E-state index in [9.17, 15) is 0 Å². The minimum absolute atomic E-state index is 0.556. The van der Waals surface area contributed by atoms with Gasteiger partial charge in [0.2, 0.25) is 11.8 Å². The van der Waals surface area contributed by atoms with Crippen LogP contribution in [0.5, 0.6) is 11.6 Å². The maximum Gasteiger partial charge on any atom is 0.228 e. The molecule has 1 aromatic carbocycles. The Hall–Kier alpha value is -3.50. The van der Waals surface area contributed by atoms with Crippen molar-refractivity contribution in [3.05, 3.63) is 71.7 Å². The number of anilines is 1. The van der Waals surface area contributed by atoms with Crippen molar-refractivity contribution in [3.63, 3.8) is 0 Å². The number of para-hydroxylation sites is 1. The number of pyridine rings is 1. The predicted molar refractivity (Wildman–Crippen MR) is 110 cm³/mol. The molecule has 7 nitrogen and oxygen atoms in total. The summed E-state index contributed by atoms with van der Waals surface area (Å²) in [4.78, 5) is 17.9. The van der Waals surface area contributed by atoms with Gasteiger partial charge in [-0.3, -0.25) is 9.88 Å². The van der Waals surface area contributed by atoms with Crippen LogP contribution in [0, 0.1) is 18.3 Å².